The molecule has 0 radical (unpaired) electrons. The number of ether oxygens (including phenoxy) is 4. The largest absolute Gasteiger partial charge is 0.497 e. The molecular weight excluding hydrogens is 440 g/mol. The maximum atomic E-state index is 12.3. The number of thioether (sulfide) groups is 1. The molecule has 7 heteroatoms. The molecule has 1 N–H and O–H groups in total. The van der Waals surface area contributed by atoms with Gasteiger partial charge < -0.3 is 24.1 Å². The lowest BCUT2D eigenvalue weighted by molar-refractivity contribution is -0.148. The van der Waals surface area contributed by atoms with E-state index in [0.717, 1.165) is 16.2 Å². The maximum absolute atomic E-state index is 12.3. The van der Waals surface area contributed by atoms with Gasteiger partial charge in [0.25, 0.3) is 0 Å². The number of carbonyl (C=O) groups is 1. The molecule has 0 aromatic heterocycles. The minimum atomic E-state index is -0.888. The van der Waals surface area contributed by atoms with Crippen LogP contribution in [0.4, 0.5) is 0 Å². The van der Waals surface area contributed by atoms with E-state index in [2.05, 4.69) is 0 Å². The van der Waals surface area contributed by atoms with Gasteiger partial charge in [0.2, 0.25) is 0 Å². The fourth-order valence-corrected chi connectivity index (χ4v) is 4.66. The van der Waals surface area contributed by atoms with Gasteiger partial charge >= 0.3 is 5.97 Å². The molecule has 0 aliphatic carbocycles. The molecule has 1 aliphatic heterocycles. The highest BCUT2D eigenvalue weighted by Gasteiger charge is 2.45. The molecule has 33 heavy (non-hydrogen) atoms. The van der Waals surface area contributed by atoms with Crippen LogP contribution in [0.3, 0.4) is 0 Å². The summed E-state index contributed by atoms with van der Waals surface area (Å²) in [5, 5.41) is 10.6. The van der Waals surface area contributed by atoms with Crippen molar-refractivity contribution in [2.45, 2.75) is 35.3 Å². The van der Waals surface area contributed by atoms with Crippen LogP contribution in [0, 0.1) is 0 Å². The summed E-state index contributed by atoms with van der Waals surface area (Å²) >= 11 is 1.46. The number of carbonyl (C=O) groups excluding carboxylic acids is 1. The fourth-order valence-electron chi connectivity index (χ4n) is 3.48. The number of rotatable bonds is 9. The molecule has 4 rings (SSSR count). The topological polar surface area (TPSA) is 74.2 Å². The summed E-state index contributed by atoms with van der Waals surface area (Å²) in [6, 6.07) is 26.1. The molecule has 0 unspecified atom stereocenters. The molecular formula is C26H26O6S. The van der Waals surface area contributed by atoms with Crippen molar-refractivity contribution >= 4 is 17.7 Å². The normalized spacial score (nSPS) is 22.1. The number of methoxy groups -OCH3 is 1. The van der Waals surface area contributed by atoms with Gasteiger partial charge in [-0.1, -0.05) is 48.5 Å². The van der Waals surface area contributed by atoms with Gasteiger partial charge in [-0.15, -0.1) is 11.8 Å². The van der Waals surface area contributed by atoms with Crippen molar-refractivity contribution < 1.29 is 28.8 Å². The number of hydrogen-bond acceptors (Lipinski definition) is 7. The molecule has 3 aromatic carbocycles. The lowest BCUT2D eigenvalue weighted by Crippen LogP contribution is -2.33. The number of aliphatic hydroxyl groups excluding tert-OH is 1. The van der Waals surface area contributed by atoms with E-state index >= 15 is 0 Å². The average molecular weight is 467 g/mol. The summed E-state index contributed by atoms with van der Waals surface area (Å²) in [5.74, 6) is 0.296. The Morgan fingerprint density at radius 3 is 2.30 bits per heavy atom. The van der Waals surface area contributed by atoms with Crippen LogP contribution in [0.1, 0.15) is 15.9 Å². The van der Waals surface area contributed by atoms with Crippen LogP contribution < -0.4 is 4.74 Å². The highest BCUT2D eigenvalue weighted by atomic mass is 32.2. The Labute approximate surface area is 197 Å². The summed E-state index contributed by atoms with van der Waals surface area (Å²) in [5.41, 5.74) is 1.45. The Kier molecular flexibility index (Phi) is 8.01. The smallest absolute Gasteiger partial charge is 0.338 e. The fraction of sp³-hybridized carbons (Fsp3) is 0.269. The van der Waals surface area contributed by atoms with Gasteiger partial charge in [0.1, 0.15) is 24.6 Å². The first-order chi connectivity index (χ1) is 16.1. The van der Waals surface area contributed by atoms with Crippen LogP contribution in [-0.2, 0) is 20.8 Å². The van der Waals surface area contributed by atoms with E-state index in [1.165, 1.54) is 11.8 Å². The quantitative estimate of drug-likeness (QED) is 0.471. The summed E-state index contributed by atoms with van der Waals surface area (Å²) in [4.78, 5) is 13.3. The highest BCUT2D eigenvalue weighted by Crippen LogP contribution is 2.37. The van der Waals surface area contributed by atoms with Gasteiger partial charge in [-0.2, -0.15) is 0 Å². The Balaban J connectivity index is 1.43. The first-order valence-electron chi connectivity index (χ1n) is 10.7. The van der Waals surface area contributed by atoms with Crippen molar-refractivity contribution in [3.8, 4) is 5.75 Å². The zero-order chi connectivity index (χ0) is 23.0. The van der Waals surface area contributed by atoms with Crippen molar-refractivity contribution in [3.05, 3.63) is 96.1 Å². The predicted octanol–water partition coefficient (Wildman–Crippen LogP) is 4.32. The molecule has 172 valence electrons. The Bertz CT molecular complexity index is 1010. The van der Waals surface area contributed by atoms with Gasteiger partial charge in [0.15, 0.2) is 6.29 Å². The summed E-state index contributed by atoms with van der Waals surface area (Å²) in [7, 11) is 1.62. The van der Waals surface area contributed by atoms with Gasteiger partial charge in [0.05, 0.1) is 24.5 Å². The third-order valence-electron chi connectivity index (χ3n) is 5.27. The molecule has 6 nitrogen and oxygen atoms in total. The predicted molar refractivity (Wildman–Crippen MR) is 125 cm³/mol. The second-order valence-electron chi connectivity index (χ2n) is 7.55. The van der Waals surface area contributed by atoms with Crippen LogP contribution in [0.25, 0.3) is 0 Å². The van der Waals surface area contributed by atoms with Gasteiger partial charge in [-0.05, 0) is 42.0 Å². The molecule has 0 spiro atoms. The molecule has 0 bridgehead atoms. The van der Waals surface area contributed by atoms with E-state index in [9.17, 15) is 9.90 Å². The number of benzene rings is 3. The molecule has 1 fully saturated rings. The van der Waals surface area contributed by atoms with Crippen LogP contribution in [0.2, 0.25) is 0 Å². The monoisotopic (exact) mass is 466 g/mol. The van der Waals surface area contributed by atoms with Crippen molar-refractivity contribution in [2.75, 3.05) is 13.7 Å². The van der Waals surface area contributed by atoms with E-state index in [4.69, 9.17) is 18.9 Å². The van der Waals surface area contributed by atoms with E-state index in [1.54, 1.807) is 31.4 Å². The van der Waals surface area contributed by atoms with Gasteiger partial charge in [-0.25, -0.2) is 4.79 Å². The van der Waals surface area contributed by atoms with Crippen molar-refractivity contribution in [1.82, 2.24) is 0 Å². The van der Waals surface area contributed by atoms with E-state index in [1.807, 2.05) is 60.7 Å². The molecule has 1 saturated heterocycles. The van der Waals surface area contributed by atoms with E-state index in [-0.39, 0.29) is 6.61 Å². The lowest BCUT2D eigenvalue weighted by atomic mass is 10.2. The standard InChI is InChI=1S/C26H26O6S/c1-29-20-12-14-21(15-13-20)33-24-23(27)22(17-30-25(28)19-10-6-3-7-11-19)32-26(24)31-16-18-8-4-2-5-9-18/h2-15,22-24,26-27H,16-17H2,1H3/t22-,23+,24-,26-/m1/s1. The summed E-state index contributed by atoms with van der Waals surface area (Å²) in [6.07, 6.45) is -2.26. The second-order valence-corrected chi connectivity index (χ2v) is 8.80. The third kappa shape index (κ3) is 6.15. The molecule has 0 saturated carbocycles. The van der Waals surface area contributed by atoms with Gasteiger partial charge in [0, 0.05) is 4.90 Å². The maximum Gasteiger partial charge on any atom is 0.338 e. The number of aliphatic hydroxyl groups is 1. The lowest BCUT2D eigenvalue weighted by Gasteiger charge is -2.20. The van der Waals surface area contributed by atoms with Gasteiger partial charge in [-0.3, -0.25) is 0 Å². The second kappa shape index (κ2) is 11.3. The first kappa shape index (κ1) is 23.3. The molecule has 0 amide bonds. The highest BCUT2D eigenvalue weighted by molar-refractivity contribution is 8.00. The van der Waals surface area contributed by atoms with Crippen LogP contribution in [0.5, 0.6) is 5.75 Å². The summed E-state index contributed by atoms with van der Waals surface area (Å²) in [6.45, 7) is 0.272. The molecule has 3 aromatic rings. The Hall–Kier alpha value is -2.84. The summed E-state index contributed by atoms with van der Waals surface area (Å²) < 4.78 is 22.7. The zero-order valence-electron chi connectivity index (χ0n) is 18.2. The SMILES string of the molecule is COc1ccc(S[C@H]2[C@H](OCc3ccccc3)O[C@H](COC(=O)c3ccccc3)[C@@H]2O)cc1. The molecule has 4 atom stereocenters. The molecule has 1 heterocycles. The zero-order valence-corrected chi connectivity index (χ0v) is 19.0. The number of hydrogen-bond donors (Lipinski definition) is 1. The van der Waals surface area contributed by atoms with Crippen LogP contribution in [-0.4, -0.2) is 48.5 Å². The van der Waals surface area contributed by atoms with Crippen LogP contribution >= 0.6 is 11.8 Å². The van der Waals surface area contributed by atoms with Crippen LogP contribution in [0.15, 0.2) is 89.8 Å². The van der Waals surface area contributed by atoms with Crippen molar-refractivity contribution in [1.29, 1.82) is 0 Å². The third-order valence-corrected chi connectivity index (χ3v) is 6.59. The first-order valence-corrected chi connectivity index (χ1v) is 11.5. The minimum absolute atomic E-state index is 0.0697. The molecule has 1 aliphatic rings. The average Bonchev–Trinajstić information content (AvgIpc) is 3.17. The van der Waals surface area contributed by atoms with Crippen molar-refractivity contribution in [2.24, 2.45) is 0 Å². The van der Waals surface area contributed by atoms with Crippen molar-refractivity contribution in [3.63, 3.8) is 0 Å². The minimum Gasteiger partial charge on any atom is -0.497 e. The van der Waals surface area contributed by atoms with E-state index in [0.29, 0.717) is 12.2 Å². The number of esters is 1. The Morgan fingerprint density at radius 2 is 1.64 bits per heavy atom. The Morgan fingerprint density at radius 1 is 0.970 bits per heavy atom. The van der Waals surface area contributed by atoms with E-state index < -0.39 is 29.7 Å².